The summed E-state index contributed by atoms with van der Waals surface area (Å²) in [5.74, 6) is -0.316. The lowest BCUT2D eigenvalue weighted by molar-refractivity contribution is -1.91. The van der Waals surface area contributed by atoms with Gasteiger partial charge in [0.2, 0.25) is 0 Å². The van der Waals surface area contributed by atoms with E-state index in [2.05, 4.69) is 3.07 Å². The van der Waals surface area contributed by atoms with Gasteiger partial charge in [-0.15, -0.1) is 0 Å². The van der Waals surface area contributed by atoms with Gasteiger partial charge in [-0.25, -0.2) is 10.3 Å². The minimum atomic E-state index is -5.67. The van der Waals surface area contributed by atoms with Crippen LogP contribution in [0.2, 0.25) is 0 Å². The lowest BCUT2D eigenvalue weighted by Crippen LogP contribution is -4.25. The van der Waals surface area contributed by atoms with Crippen molar-refractivity contribution in [2.45, 2.75) is 0 Å². The molecule has 0 radical (unpaired) electrons. The molecule has 1 rings (SSSR count). The highest BCUT2D eigenvalue weighted by Crippen LogP contribution is 2.15. The van der Waals surface area contributed by atoms with Crippen LogP contribution in [0.5, 0.6) is 11.5 Å². The minimum Gasteiger partial charge on any atom is -0.508 e. The number of benzene rings is 1. The van der Waals surface area contributed by atoms with Crippen molar-refractivity contribution in [3.63, 3.8) is 0 Å². The van der Waals surface area contributed by atoms with Gasteiger partial charge in [-0.05, 0) is 12.1 Å². The van der Waals surface area contributed by atoms with E-state index >= 15 is 0 Å². The summed E-state index contributed by atoms with van der Waals surface area (Å²) in [6.07, 6.45) is 0. The summed E-state index contributed by atoms with van der Waals surface area (Å²) in [7, 11) is 0. The molecular formula is C6H5IO5. The van der Waals surface area contributed by atoms with Crippen molar-refractivity contribution < 1.29 is 38.6 Å². The van der Waals surface area contributed by atoms with Gasteiger partial charge in [-0.3, -0.25) is 0 Å². The van der Waals surface area contributed by atoms with Crippen LogP contribution in [0, 0.1) is 0 Å². The summed E-state index contributed by atoms with van der Waals surface area (Å²) in [6, 6.07) is 5.02. The number of phenols is 1. The fourth-order valence-electron chi connectivity index (χ4n) is 0.641. The predicted molar refractivity (Wildman–Crippen MR) is 28.7 cm³/mol. The first-order valence-electron chi connectivity index (χ1n) is 2.87. The van der Waals surface area contributed by atoms with Gasteiger partial charge in [0.25, 0.3) is 5.75 Å². The number of aromatic hydroxyl groups is 1. The molecule has 0 fully saturated rings. The first-order chi connectivity index (χ1) is 5.47. The lowest BCUT2D eigenvalue weighted by Gasteiger charge is -2.04. The van der Waals surface area contributed by atoms with Crippen LogP contribution in [0.25, 0.3) is 0 Å². The Morgan fingerprint density at radius 2 is 1.92 bits per heavy atom. The normalized spacial score (nSPS) is 11.2. The Balaban J connectivity index is 2.77. The summed E-state index contributed by atoms with van der Waals surface area (Å²) in [4.78, 5) is 0. The standard InChI is InChI=1S/C6H5IO5/c8-5-2-1-3-6(4-5)12-7(9,10)11/h1-4,8H. The van der Waals surface area contributed by atoms with Crippen LogP contribution in [0.4, 0.5) is 0 Å². The van der Waals surface area contributed by atoms with Crippen molar-refractivity contribution >= 4 is 0 Å². The van der Waals surface area contributed by atoms with Crippen molar-refractivity contribution in [1.82, 2.24) is 0 Å². The Labute approximate surface area is 74.6 Å². The molecule has 0 heterocycles. The summed E-state index contributed by atoms with van der Waals surface area (Å²) in [5.41, 5.74) is 0. The van der Waals surface area contributed by atoms with Gasteiger partial charge < -0.3 is 5.11 Å². The van der Waals surface area contributed by atoms with E-state index in [-0.39, 0.29) is 11.5 Å². The van der Waals surface area contributed by atoms with E-state index in [1.807, 2.05) is 0 Å². The Morgan fingerprint density at radius 3 is 2.42 bits per heavy atom. The molecule has 0 aliphatic carbocycles. The molecule has 0 saturated carbocycles. The first kappa shape index (κ1) is 9.52. The van der Waals surface area contributed by atoms with Crippen LogP contribution in [-0.4, -0.2) is 5.11 Å². The van der Waals surface area contributed by atoms with Crippen molar-refractivity contribution in [1.29, 1.82) is 0 Å². The number of phenolic OH excluding ortho intramolecular Hbond substituents is 1. The average Bonchev–Trinajstić information content (AvgIpc) is 1.82. The van der Waals surface area contributed by atoms with E-state index < -0.39 is 20.1 Å². The van der Waals surface area contributed by atoms with Crippen molar-refractivity contribution in [3.8, 4) is 11.5 Å². The fraction of sp³-hybridized carbons (Fsp3) is 0. The lowest BCUT2D eigenvalue weighted by atomic mass is 10.3. The summed E-state index contributed by atoms with van der Waals surface area (Å²) in [6.45, 7) is 0. The molecule has 1 aromatic carbocycles. The third-order valence-corrected chi connectivity index (χ3v) is 2.05. The van der Waals surface area contributed by atoms with Crippen LogP contribution in [0.3, 0.4) is 0 Å². The average molecular weight is 284 g/mol. The molecule has 0 atom stereocenters. The summed E-state index contributed by atoms with van der Waals surface area (Å²) < 4.78 is 34.5. The second-order valence-electron chi connectivity index (χ2n) is 1.95. The van der Waals surface area contributed by atoms with Gasteiger partial charge in [-0.1, -0.05) is 9.13 Å². The van der Waals surface area contributed by atoms with Gasteiger partial charge in [0.1, 0.15) is 5.75 Å². The molecule has 12 heavy (non-hydrogen) atoms. The monoisotopic (exact) mass is 284 g/mol. The maximum Gasteiger partial charge on any atom is 0.439 e. The predicted octanol–water partition coefficient (Wildman–Crippen LogP) is -5.33. The fourth-order valence-corrected chi connectivity index (χ4v) is 1.54. The number of rotatable bonds is 2. The molecule has 6 heteroatoms. The van der Waals surface area contributed by atoms with Crippen LogP contribution >= 0.6 is 0 Å². The highest BCUT2D eigenvalue weighted by molar-refractivity contribution is 5.31. The molecule has 5 nitrogen and oxygen atoms in total. The highest BCUT2D eigenvalue weighted by atomic mass is 127. The molecule has 1 N–H and O–H groups in total. The molecule has 0 aromatic heterocycles. The van der Waals surface area contributed by atoms with E-state index in [1.165, 1.54) is 18.2 Å². The van der Waals surface area contributed by atoms with E-state index in [4.69, 9.17) is 5.11 Å². The molecule has 66 valence electrons. The molecule has 0 bridgehead atoms. The zero-order chi connectivity index (χ0) is 9.19. The van der Waals surface area contributed by atoms with E-state index in [0.717, 1.165) is 6.07 Å². The van der Waals surface area contributed by atoms with Gasteiger partial charge >= 0.3 is 20.1 Å². The quantitative estimate of drug-likeness (QED) is 0.547. The molecule has 0 spiro atoms. The zero-order valence-corrected chi connectivity index (χ0v) is 7.93. The van der Waals surface area contributed by atoms with Crippen molar-refractivity contribution in [2.24, 2.45) is 0 Å². The van der Waals surface area contributed by atoms with E-state index in [0.29, 0.717) is 0 Å². The first-order valence-corrected chi connectivity index (χ1v) is 6.39. The van der Waals surface area contributed by atoms with Crippen LogP contribution < -0.4 is 33.5 Å². The zero-order valence-electron chi connectivity index (χ0n) is 5.77. The third kappa shape index (κ3) is 3.22. The molecule has 0 amide bonds. The van der Waals surface area contributed by atoms with Crippen molar-refractivity contribution in [3.05, 3.63) is 24.3 Å². The maximum atomic E-state index is 10.1. The van der Waals surface area contributed by atoms with Gasteiger partial charge in [0.15, 0.2) is 0 Å². The minimum absolute atomic E-state index is 0.155. The molecule has 1 aromatic rings. The van der Waals surface area contributed by atoms with Gasteiger partial charge in [0, 0.05) is 6.07 Å². The van der Waals surface area contributed by atoms with Gasteiger partial charge in [-0.2, -0.15) is 0 Å². The molecular weight excluding hydrogens is 279 g/mol. The second-order valence-corrected chi connectivity index (χ2v) is 4.55. The van der Waals surface area contributed by atoms with E-state index in [9.17, 15) is 10.3 Å². The summed E-state index contributed by atoms with van der Waals surface area (Å²) >= 11 is -5.67. The van der Waals surface area contributed by atoms with E-state index in [1.54, 1.807) is 0 Å². The topological polar surface area (TPSA) is 98.6 Å². The Kier molecular flexibility index (Phi) is 2.73. The second kappa shape index (κ2) is 3.44. The smallest absolute Gasteiger partial charge is 0.439 e. The Hall–Kier alpha value is -0.570. The van der Waals surface area contributed by atoms with Crippen LogP contribution in [-0.2, 0) is 0 Å². The SMILES string of the molecule is [O-][I+3]([O-])([O-])Oc1cccc(O)c1. The molecule has 0 saturated heterocycles. The number of hydrogen-bond donors (Lipinski definition) is 1. The number of halogens is 1. The summed E-state index contributed by atoms with van der Waals surface area (Å²) in [5, 5.41) is 8.84. The number of hydrogen-bond acceptors (Lipinski definition) is 5. The van der Waals surface area contributed by atoms with Crippen LogP contribution in [0.15, 0.2) is 24.3 Å². The Bertz CT molecular complexity index is 269. The van der Waals surface area contributed by atoms with Crippen molar-refractivity contribution in [2.75, 3.05) is 0 Å². The third-order valence-electron chi connectivity index (χ3n) is 1.00. The Morgan fingerprint density at radius 1 is 1.25 bits per heavy atom. The molecule has 0 unspecified atom stereocenters. The molecule has 0 aliphatic heterocycles. The van der Waals surface area contributed by atoms with Crippen LogP contribution in [0.1, 0.15) is 0 Å². The van der Waals surface area contributed by atoms with Gasteiger partial charge in [0.05, 0.1) is 0 Å². The molecule has 0 aliphatic rings. The largest absolute Gasteiger partial charge is 0.508 e. The highest BCUT2D eigenvalue weighted by Gasteiger charge is 2.27. The maximum absolute atomic E-state index is 10.1.